The summed E-state index contributed by atoms with van der Waals surface area (Å²) in [6.07, 6.45) is 4.92. The molecule has 4 rings (SSSR count). The van der Waals surface area contributed by atoms with Gasteiger partial charge in [0.25, 0.3) is 10.0 Å². The highest BCUT2D eigenvalue weighted by Crippen LogP contribution is 2.36. The second-order valence-electron chi connectivity index (χ2n) is 5.71. The van der Waals surface area contributed by atoms with Crippen LogP contribution in [0.5, 0.6) is 0 Å². The lowest BCUT2D eigenvalue weighted by Crippen LogP contribution is -2.12. The summed E-state index contributed by atoms with van der Waals surface area (Å²) in [5, 5.41) is 15.7. The number of tetrazole rings is 1. The predicted molar refractivity (Wildman–Crippen MR) is 85.5 cm³/mol. The molecule has 0 spiro atoms. The average molecular weight is 345 g/mol. The third kappa shape index (κ3) is 2.75. The minimum atomic E-state index is -3.65. The van der Waals surface area contributed by atoms with Crippen LogP contribution in [-0.4, -0.2) is 38.4 Å². The van der Waals surface area contributed by atoms with Gasteiger partial charge in [-0.15, -0.1) is 5.10 Å². The van der Waals surface area contributed by atoms with Gasteiger partial charge in [-0.05, 0) is 47.5 Å². The summed E-state index contributed by atoms with van der Waals surface area (Å²) in [6.45, 7) is 0. The fraction of sp³-hybridized carbons (Fsp3) is 0.286. The fourth-order valence-corrected chi connectivity index (χ4v) is 3.43. The van der Waals surface area contributed by atoms with Crippen molar-refractivity contribution in [1.29, 1.82) is 0 Å². The van der Waals surface area contributed by atoms with Crippen LogP contribution in [0.1, 0.15) is 18.9 Å². The topological polar surface area (TPSA) is 108 Å². The van der Waals surface area contributed by atoms with Crippen molar-refractivity contribution in [1.82, 2.24) is 30.0 Å². The summed E-state index contributed by atoms with van der Waals surface area (Å²) in [5.41, 5.74) is 1.31. The Morgan fingerprint density at radius 3 is 2.58 bits per heavy atom. The van der Waals surface area contributed by atoms with E-state index < -0.39 is 10.0 Å². The first-order valence-corrected chi connectivity index (χ1v) is 8.91. The number of hydrogen-bond acceptors (Lipinski definition) is 6. The maximum atomic E-state index is 12.3. The smallest absolute Gasteiger partial charge is 0.265 e. The Labute approximate surface area is 138 Å². The molecule has 10 heteroatoms. The van der Waals surface area contributed by atoms with E-state index >= 15 is 0 Å². The van der Waals surface area contributed by atoms with E-state index in [0.29, 0.717) is 17.6 Å². The minimum Gasteiger partial charge on any atom is -0.280 e. The standard InChI is InChI=1S/C14H15N7O2S/c1-20-9-13(8-15-20)24(22,23)17-11-4-2-10(3-5-11)14-16-18-19-21(14)12-6-7-12/h2-5,8-9,12,17H,6-7H2,1H3. The van der Waals surface area contributed by atoms with E-state index in [2.05, 4.69) is 25.3 Å². The Morgan fingerprint density at radius 2 is 1.96 bits per heavy atom. The Bertz CT molecular complexity index is 971. The molecule has 0 saturated heterocycles. The Balaban J connectivity index is 1.57. The first-order chi connectivity index (χ1) is 11.5. The summed E-state index contributed by atoms with van der Waals surface area (Å²) >= 11 is 0. The quantitative estimate of drug-likeness (QED) is 0.745. The second-order valence-corrected chi connectivity index (χ2v) is 7.39. The van der Waals surface area contributed by atoms with Crippen LogP contribution in [0.25, 0.3) is 11.4 Å². The number of nitrogens with one attached hydrogen (secondary N) is 1. The van der Waals surface area contributed by atoms with Crippen LogP contribution < -0.4 is 4.72 Å². The molecule has 1 fully saturated rings. The van der Waals surface area contributed by atoms with Crippen LogP contribution in [0.2, 0.25) is 0 Å². The molecule has 0 aliphatic heterocycles. The average Bonchev–Trinajstić information content (AvgIpc) is 3.10. The molecule has 24 heavy (non-hydrogen) atoms. The van der Waals surface area contributed by atoms with Gasteiger partial charge >= 0.3 is 0 Å². The lowest BCUT2D eigenvalue weighted by Gasteiger charge is -2.07. The van der Waals surface area contributed by atoms with Crippen molar-refractivity contribution in [2.24, 2.45) is 7.05 Å². The molecule has 0 radical (unpaired) electrons. The van der Waals surface area contributed by atoms with E-state index in [9.17, 15) is 8.42 Å². The van der Waals surface area contributed by atoms with Crippen LogP contribution in [0.3, 0.4) is 0 Å². The normalized spacial score (nSPS) is 14.7. The molecule has 9 nitrogen and oxygen atoms in total. The molecule has 3 aromatic rings. The van der Waals surface area contributed by atoms with Crippen molar-refractivity contribution < 1.29 is 8.42 Å². The zero-order valence-corrected chi connectivity index (χ0v) is 13.7. The second kappa shape index (κ2) is 5.41. The number of rotatable bonds is 5. The number of nitrogens with zero attached hydrogens (tertiary/aromatic N) is 6. The Morgan fingerprint density at radius 1 is 1.21 bits per heavy atom. The Kier molecular flexibility index (Phi) is 3.34. The Hall–Kier alpha value is -2.75. The SMILES string of the molecule is Cn1cc(S(=O)(=O)Nc2ccc(-c3nnnn3C3CC3)cc2)cn1. The molecule has 0 bridgehead atoms. The summed E-state index contributed by atoms with van der Waals surface area (Å²) in [6, 6.07) is 7.35. The zero-order valence-electron chi connectivity index (χ0n) is 12.9. The molecule has 1 N–H and O–H groups in total. The number of anilines is 1. The van der Waals surface area contributed by atoms with Gasteiger partial charge in [0.1, 0.15) is 4.90 Å². The summed E-state index contributed by atoms with van der Waals surface area (Å²) in [7, 11) is -1.99. The first-order valence-electron chi connectivity index (χ1n) is 7.43. The van der Waals surface area contributed by atoms with Crippen molar-refractivity contribution in [2.75, 3.05) is 4.72 Å². The van der Waals surface area contributed by atoms with E-state index in [1.165, 1.54) is 17.1 Å². The lowest BCUT2D eigenvalue weighted by atomic mass is 10.2. The molecule has 1 aliphatic rings. The largest absolute Gasteiger partial charge is 0.280 e. The zero-order chi connectivity index (χ0) is 16.7. The summed E-state index contributed by atoms with van der Waals surface area (Å²) in [4.78, 5) is 0.117. The molecule has 1 aromatic carbocycles. The van der Waals surface area contributed by atoms with Gasteiger partial charge in [-0.25, -0.2) is 13.1 Å². The van der Waals surface area contributed by atoms with Crippen LogP contribution >= 0.6 is 0 Å². The summed E-state index contributed by atoms with van der Waals surface area (Å²) < 4.78 is 30.3. The monoisotopic (exact) mass is 345 g/mol. The van der Waals surface area contributed by atoms with E-state index in [0.717, 1.165) is 18.4 Å². The van der Waals surface area contributed by atoms with Gasteiger partial charge in [0.15, 0.2) is 5.82 Å². The van der Waals surface area contributed by atoms with E-state index in [1.54, 1.807) is 31.3 Å². The highest BCUT2D eigenvalue weighted by molar-refractivity contribution is 7.92. The predicted octanol–water partition coefficient (Wildman–Crippen LogP) is 1.21. The third-order valence-electron chi connectivity index (χ3n) is 3.77. The number of benzene rings is 1. The van der Waals surface area contributed by atoms with Crippen molar-refractivity contribution in [3.05, 3.63) is 36.7 Å². The number of aryl methyl sites for hydroxylation is 1. The van der Waals surface area contributed by atoms with Gasteiger partial charge in [-0.1, -0.05) is 0 Å². The van der Waals surface area contributed by atoms with Gasteiger partial charge in [-0.3, -0.25) is 9.40 Å². The van der Waals surface area contributed by atoms with Gasteiger partial charge in [-0.2, -0.15) is 5.10 Å². The first kappa shape index (κ1) is 14.8. The highest BCUT2D eigenvalue weighted by atomic mass is 32.2. The molecule has 1 saturated carbocycles. The van der Waals surface area contributed by atoms with E-state index in [4.69, 9.17) is 0 Å². The van der Waals surface area contributed by atoms with Crippen molar-refractivity contribution in [2.45, 2.75) is 23.8 Å². The fourth-order valence-electron chi connectivity index (χ4n) is 2.39. The number of aromatic nitrogens is 6. The molecule has 1 aliphatic carbocycles. The van der Waals surface area contributed by atoms with Crippen molar-refractivity contribution in [3.63, 3.8) is 0 Å². The van der Waals surface area contributed by atoms with Crippen LogP contribution in [-0.2, 0) is 17.1 Å². The molecular formula is C14H15N7O2S. The van der Waals surface area contributed by atoms with Crippen molar-refractivity contribution in [3.8, 4) is 11.4 Å². The van der Waals surface area contributed by atoms with Crippen LogP contribution in [0, 0.1) is 0 Å². The number of hydrogen-bond donors (Lipinski definition) is 1. The molecule has 0 amide bonds. The maximum Gasteiger partial charge on any atom is 0.265 e. The minimum absolute atomic E-state index is 0.117. The van der Waals surface area contributed by atoms with Gasteiger partial charge in [0, 0.05) is 24.5 Å². The van der Waals surface area contributed by atoms with E-state index in [1.807, 2.05) is 4.68 Å². The number of sulfonamides is 1. The third-order valence-corrected chi connectivity index (χ3v) is 5.11. The van der Waals surface area contributed by atoms with Gasteiger partial charge in [0.05, 0.1) is 12.2 Å². The highest BCUT2D eigenvalue weighted by Gasteiger charge is 2.28. The van der Waals surface area contributed by atoms with Gasteiger partial charge in [0.2, 0.25) is 0 Å². The molecule has 124 valence electrons. The van der Waals surface area contributed by atoms with Crippen LogP contribution in [0.4, 0.5) is 5.69 Å². The molecule has 2 heterocycles. The molecule has 0 unspecified atom stereocenters. The molecule has 2 aromatic heterocycles. The maximum absolute atomic E-state index is 12.3. The summed E-state index contributed by atoms with van der Waals surface area (Å²) in [5.74, 6) is 0.694. The molecule has 0 atom stereocenters. The lowest BCUT2D eigenvalue weighted by molar-refractivity contribution is 0.601. The molecular weight excluding hydrogens is 330 g/mol. The van der Waals surface area contributed by atoms with Crippen molar-refractivity contribution >= 4 is 15.7 Å². The van der Waals surface area contributed by atoms with Crippen LogP contribution in [0.15, 0.2) is 41.6 Å². The van der Waals surface area contributed by atoms with Gasteiger partial charge < -0.3 is 0 Å². The van der Waals surface area contributed by atoms with E-state index in [-0.39, 0.29) is 4.90 Å².